The Bertz CT molecular complexity index is 992. The maximum Gasteiger partial charge on any atom is 0.416 e. The van der Waals surface area contributed by atoms with E-state index in [2.05, 4.69) is 15.7 Å². The molecule has 3 rings (SSSR count). The standard InChI is InChI=1S/C23H29F3N4O2/c1-4-27-21(32)22(11-6-5-7-12-22)28-20(31)14-19-15(2)29-30(16(19)3)18-10-8-9-17(13-18)23(24,25)26/h8-10,13H,4-7,11-12,14H2,1-3H3,(H,27,32)(H,28,31). The topological polar surface area (TPSA) is 76.0 Å². The zero-order chi connectivity index (χ0) is 23.5. The second-order valence-electron chi connectivity index (χ2n) is 8.34. The van der Waals surface area contributed by atoms with Crippen LogP contribution in [0.1, 0.15) is 61.5 Å². The lowest BCUT2D eigenvalue weighted by molar-refractivity contribution is -0.137. The number of amides is 2. The highest BCUT2D eigenvalue weighted by Crippen LogP contribution is 2.31. The van der Waals surface area contributed by atoms with Gasteiger partial charge in [-0.15, -0.1) is 0 Å². The Kier molecular flexibility index (Phi) is 6.95. The number of nitrogens with zero attached hydrogens (tertiary/aromatic N) is 2. The van der Waals surface area contributed by atoms with Gasteiger partial charge < -0.3 is 10.6 Å². The normalized spacial score (nSPS) is 15.9. The van der Waals surface area contributed by atoms with Crippen molar-refractivity contribution in [3.63, 3.8) is 0 Å². The lowest BCUT2D eigenvalue weighted by Crippen LogP contribution is -2.60. The number of halogens is 3. The third-order valence-corrected chi connectivity index (χ3v) is 6.05. The van der Waals surface area contributed by atoms with Gasteiger partial charge in [0.1, 0.15) is 5.54 Å². The van der Waals surface area contributed by atoms with Gasteiger partial charge in [-0.1, -0.05) is 25.3 Å². The summed E-state index contributed by atoms with van der Waals surface area (Å²) in [7, 11) is 0. The molecule has 1 fully saturated rings. The number of aryl methyl sites for hydroxylation is 1. The second kappa shape index (κ2) is 9.34. The van der Waals surface area contributed by atoms with Crippen molar-refractivity contribution < 1.29 is 22.8 Å². The van der Waals surface area contributed by atoms with Crippen molar-refractivity contribution in [1.82, 2.24) is 20.4 Å². The van der Waals surface area contributed by atoms with Crippen LogP contribution in [0.25, 0.3) is 5.69 Å². The fourth-order valence-corrected chi connectivity index (χ4v) is 4.36. The van der Waals surface area contributed by atoms with Gasteiger partial charge in [-0.05, 0) is 51.8 Å². The van der Waals surface area contributed by atoms with E-state index in [1.807, 2.05) is 6.92 Å². The minimum Gasteiger partial charge on any atom is -0.354 e. The summed E-state index contributed by atoms with van der Waals surface area (Å²) in [5.41, 5.74) is 0.394. The molecule has 1 aliphatic rings. The van der Waals surface area contributed by atoms with Gasteiger partial charge in [0.25, 0.3) is 0 Å². The smallest absolute Gasteiger partial charge is 0.354 e. The SMILES string of the molecule is CCNC(=O)C1(NC(=O)Cc2c(C)nn(-c3cccc(C(F)(F)F)c3)c2C)CCCCC1. The van der Waals surface area contributed by atoms with Gasteiger partial charge in [0.05, 0.1) is 23.4 Å². The van der Waals surface area contributed by atoms with Crippen molar-refractivity contribution in [3.8, 4) is 5.69 Å². The summed E-state index contributed by atoms with van der Waals surface area (Å²) in [6, 6.07) is 4.93. The third kappa shape index (κ3) is 4.97. The first-order valence-electron chi connectivity index (χ1n) is 10.9. The summed E-state index contributed by atoms with van der Waals surface area (Å²) in [6.45, 7) is 5.77. The summed E-state index contributed by atoms with van der Waals surface area (Å²) in [6.07, 6.45) is -0.525. The van der Waals surface area contributed by atoms with Crippen LogP contribution < -0.4 is 10.6 Å². The molecule has 1 aliphatic carbocycles. The lowest BCUT2D eigenvalue weighted by Gasteiger charge is -2.36. The molecule has 2 N–H and O–H groups in total. The molecule has 0 atom stereocenters. The number of likely N-dealkylation sites (N-methyl/N-ethyl adjacent to an activating group) is 1. The molecule has 6 nitrogen and oxygen atoms in total. The summed E-state index contributed by atoms with van der Waals surface area (Å²) in [5.74, 6) is -0.464. The van der Waals surface area contributed by atoms with E-state index >= 15 is 0 Å². The van der Waals surface area contributed by atoms with Crippen molar-refractivity contribution in [3.05, 3.63) is 46.8 Å². The van der Waals surface area contributed by atoms with E-state index in [0.29, 0.717) is 36.3 Å². The van der Waals surface area contributed by atoms with Crippen LogP contribution in [0, 0.1) is 13.8 Å². The maximum absolute atomic E-state index is 13.1. The Balaban J connectivity index is 1.83. The van der Waals surface area contributed by atoms with E-state index in [1.54, 1.807) is 19.9 Å². The number of carbonyl (C=O) groups excluding carboxylic acids is 2. The number of hydrogen-bond acceptors (Lipinski definition) is 3. The highest BCUT2D eigenvalue weighted by atomic mass is 19.4. The molecule has 1 saturated carbocycles. The monoisotopic (exact) mass is 450 g/mol. The van der Waals surface area contributed by atoms with Crippen LogP contribution in [0.2, 0.25) is 0 Å². The summed E-state index contributed by atoms with van der Waals surface area (Å²) in [4.78, 5) is 25.7. The highest BCUT2D eigenvalue weighted by molar-refractivity contribution is 5.92. The van der Waals surface area contributed by atoms with E-state index in [-0.39, 0.29) is 23.9 Å². The number of benzene rings is 1. The molecule has 1 aromatic carbocycles. The van der Waals surface area contributed by atoms with Crippen LogP contribution in [0.5, 0.6) is 0 Å². The number of aromatic nitrogens is 2. The molecule has 0 spiro atoms. The Morgan fingerprint density at radius 3 is 2.47 bits per heavy atom. The van der Waals surface area contributed by atoms with Crippen molar-refractivity contribution in [2.24, 2.45) is 0 Å². The van der Waals surface area contributed by atoms with Crippen LogP contribution in [-0.2, 0) is 22.2 Å². The molecular formula is C23H29F3N4O2. The number of nitrogens with one attached hydrogen (secondary N) is 2. The average molecular weight is 451 g/mol. The Morgan fingerprint density at radius 2 is 1.84 bits per heavy atom. The predicted octanol–water partition coefficient (Wildman–Crippen LogP) is 4.01. The molecule has 9 heteroatoms. The Morgan fingerprint density at radius 1 is 1.16 bits per heavy atom. The van der Waals surface area contributed by atoms with Crippen molar-refractivity contribution in [2.45, 2.75) is 71.0 Å². The average Bonchev–Trinajstić information content (AvgIpc) is 3.02. The van der Waals surface area contributed by atoms with Crippen LogP contribution in [0.15, 0.2) is 24.3 Å². The minimum atomic E-state index is -4.46. The number of carbonyl (C=O) groups is 2. The van der Waals surface area contributed by atoms with Gasteiger partial charge >= 0.3 is 6.18 Å². The van der Waals surface area contributed by atoms with Gasteiger partial charge in [0, 0.05) is 17.8 Å². The molecule has 0 radical (unpaired) electrons. The Labute approximate surface area is 185 Å². The zero-order valence-corrected chi connectivity index (χ0v) is 18.6. The molecule has 32 heavy (non-hydrogen) atoms. The van der Waals surface area contributed by atoms with Crippen LogP contribution in [0.4, 0.5) is 13.2 Å². The Hall–Kier alpha value is -2.84. The van der Waals surface area contributed by atoms with E-state index in [4.69, 9.17) is 0 Å². The predicted molar refractivity (Wildman–Crippen MR) is 114 cm³/mol. The summed E-state index contributed by atoms with van der Waals surface area (Å²) < 4.78 is 40.7. The third-order valence-electron chi connectivity index (χ3n) is 6.05. The first-order chi connectivity index (χ1) is 15.1. The quantitative estimate of drug-likeness (QED) is 0.698. The molecular weight excluding hydrogens is 421 g/mol. The van der Waals surface area contributed by atoms with Gasteiger partial charge in [-0.2, -0.15) is 18.3 Å². The van der Waals surface area contributed by atoms with Crippen LogP contribution in [0.3, 0.4) is 0 Å². The molecule has 1 heterocycles. The first-order valence-corrected chi connectivity index (χ1v) is 10.9. The molecule has 2 amide bonds. The van der Waals surface area contributed by atoms with Gasteiger partial charge in [0.2, 0.25) is 11.8 Å². The molecule has 174 valence electrons. The van der Waals surface area contributed by atoms with E-state index < -0.39 is 17.3 Å². The summed E-state index contributed by atoms with van der Waals surface area (Å²) >= 11 is 0. The number of alkyl halides is 3. The first kappa shape index (κ1) is 23.8. The molecule has 0 bridgehead atoms. The molecule has 1 aromatic heterocycles. The van der Waals surface area contributed by atoms with Gasteiger partial charge in [-0.25, -0.2) is 4.68 Å². The second-order valence-corrected chi connectivity index (χ2v) is 8.34. The van der Waals surface area contributed by atoms with E-state index in [1.165, 1.54) is 10.7 Å². The molecule has 2 aromatic rings. The van der Waals surface area contributed by atoms with Crippen molar-refractivity contribution >= 4 is 11.8 Å². The van der Waals surface area contributed by atoms with Gasteiger partial charge in [-0.3, -0.25) is 9.59 Å². The fourth-order valence-electron chi connectivity index (χ4n) is 4.36. The van der Waals surface area contributed by atoms with Crippen LogP contribution in [-0.4, -0.2) is 33.7 Å². The largest absolute Gasteiger partial charge is 0.416 e. The van der Waals surface area contributed by atoms with Crippen molar-refractivity contribution in [2.75, 3.05) is 6.54 Å². The number of hydrogen-bond donors (Lipinski definition) is 2. The highest BCUT2D eigenvalue weighted by Gasteiger charge is 2.40. The maximum atomic E-state index is 13.1. The van der Waals surface area contributed by atoms with Crippen molar-refractivity contribution in [1.29, 1.82) is 0 Å². The summed E-state index contributed by atoms with van der Waals surface area (Å²) in [5, 5.41) is 10.2. The molecule has 0 unspecified atom stereocenters. The lowest BCUT2D eigenvalue weighted by atomic mass is 9.80. The zero-order valence-electron chi connectivity index (χ0n) is 18.6. The number of rotatable bonds is 6. The van der Waals surface area contributed by atoms with E-state index in [9.17, 15) is 22.8 Å². The fraction of sp³-hybridized carbons (Fsp3) is 0.522. The van der Waals surface area contributed by atoms with Gasteiger partial charge in [0.15, 0.2) is 0 Å². The van der Waals surface area contributed by atoms with Crippen LogP contribution >= 0.6 is 0 Å². The minimum absolute atomic E-state index is 0.00220. The molecule has 0 saturated heterocycles. The van der Waals surface area contributed by atoms with E-state index in [0.717, 1.165) is 31.4 Å². The molecule has 0 aliphatic heterocycles.